The van der Waals surface area contributed by atoms with Gasteiger partial charge in [-0.3, -0.25) is 4.79 Å². The highest BCUT2D eigenvalue weighted by Crippen LogP contribution is 2.26. The van der Waals surface area contributed by atoms with E-state index in [1.165, 1.54) is 0 Å². The number of ether oxygens (including phenoxy) is 1. The van der Waals surface area contributed by atoms with Crippen molar-refractivity contribution in [3.8, 4) is 6.07 Å². The van der Waals surface area contributed by atoms with Crippen LogP contribution in [-0.4, -0.2) is 58.1 Å². The number of hydrogen-bond acceptors (Lipinski definition) is 6. The minimum Gasteiger partial charge on any atom is -0.394 e. The number of morpholine rings is 1. The lowest BCUT2D eigenvalue weighted by Crippen LogP contribution is -2.57. The van der Waals surface area contributed by atoms with Gasteiger partial charge in [0.15, 0.2) is 6.10 Å². The molecule has 26 heavy (non-hydrogen) atoms. The highest BCUT2D eigenvalue weighted by atomic mass is 16.5. The third kappa shape index (κ3) is 3.49. The minimum atomic E-state index is -0.709. The molecule has 1 amide bonds. The van der Waals surface area contributed by atoms with E-state index in [4.69, 9.17) is 4.74 Å². The van der Waals surface area contributed by atoms with Crippen molar-refractivity contribution in [1.29, 1.82) is 5.26 Å². The summed E-state index contributed by atoms with van der Waals surface area (Å²) in [7, 11) is 0. The van der Waals surface area contributed by atoms with Gasteiger partial charge in [0, 0.05) is 6.54 Å². The van der Waals surface area contributed by atoms with Gasteiger partial charge in [-0.25, -0.2) is 4.52 Å². The lowest BCUT2D eigenvalue weighted by molar-refractivity contribution is -0.139. The van der Waals surface area contributed by atoms with Crippen LogP contribution in [0.5, 0.6) is 0 Å². The van der Waals surface area contributed by atoms with E-state index in [-0.39, 0.29) is 18.6 Å². The summed E-state index contributed by atoms with van der Waals surface area (Å²) in [6, 6.07) is 7.57. The molecule has 1 aliphatic rings. The molecule has 0 saturated carbocycles. The van der Waals surface area contributed by atoms with Gasteiger partial charge >= 0.3 is 0 Å². The Morgan fingerprint density at radius 2 is 2.23 bits per heavy atom. The number of amides is 1. The number of anilines is 1. The first-order valence-corrected chi connectivity index (χ1v) is 8.55. The SMILES string of the molecule is C[C@@H]1CN(c2ccc(C#N)n3nccc23)C[C@H](C(=O)NC(C)(C)CO)O1. The predicted molar refractivity (Wildman–Crippen MR) is 95.8 cm³/mol. The van der Waals surface area contributed by atoms with Crippen LogP contribution in [-0.2, 0) is 9.53 Å². The molecule has 2 atom stereocenters. The summed E-state index contributed by atoms with van der Waals surface area (Å²) < 4.78 is 7.42. The summed E-state index contributed by atoms with van der Waals surface area (Å²) in [4.78, 5) is 14.6. The molecule has 0 bridgehead atoms. The molecule has 2 aromatic heterocycles. The van der Waals surface area contributed by atoms with Gasteiger partial charge in [0.25, 0.3) is 5.91 Å². The van der Waals surface area contributed by atoms with E-state index >= 15 is 0 Å². The molecule has 0 unspecified atom stereocenters. The summed E-state index contributed by atoms with van der Waals surface area (Å²) >= 11 is 0. The maximum atomic E-state index is 12.6. The van der Waals surface area contributed by atoms with Crippen LogP contribution in [0.15, 0.2) is 24.4 Å². The van der Waals surface area contributed by atoms with E-state index in [0.717, 1.165) is 11.2 Å². The number of aliphatic hydroxyl groups excluding tert-OH is 1. The van der Waals surface area contributed by atoms with Gasteiger partial charge in [-0.05, 0) is 39.0 Å². The fourth-order valence-electron chi connectivity index (χ4n) is 3.10. The number of carbonyl (C=O) groups is 1. The Morgan fingerprint density at radius 3 is 2.92 bits per heavy atom. The summed E-state index contributed by atoms with van der Waals surface area (Å²) in [5.41, 5.74) is 1.46. The Hall–Kier alpha value is -2.63. The summed E-state index contributed by atoms with van der Waals surface area (Å²) in [5, 5.41) is 25.6. The molecule has 2 N–H and O–H groups in total. The van der Waals surface area contributed by atoms with Crippen molar-refractivity contribution in [2.75, 3.05) is 24.6 Å². The van der Waals surface area contributed by atoms with Crippen LogP contribution in [0.3, 0.4) is 0 Å². The molecule has 8 nitrogen and oxygen atoms in total. The topological polar surface area (TPSA) is 103 Å². The van der Waals surface area contributed by atoms with Crippen LogP contribution in [0.2, 0.25) is 0 Å². The third-order valence-corrected chi connectivity index (χ3v) is 4.40. The van der Waals surface area contributed by atoms with Crippen LogP contribution >= 0.6 is 0 Å². The average molecular weight is 357 g/mol. The van der Waals surface area contributed by atoms with Gasteiger partial charge in [0.05, 0.1) is 42.2 Å². The van der Waals surface area contributed by atoms with Gasteiger partial charge in [0.2, 0.25) is 0 Å². The first-order chi connectivity index (χ1) is 12.3. The fourth-order valence-corrected chi connectivity index (χ4v) is 3.10. The maximum Gasteiger partial charge on any atom is 0.251 e. The summed E-state index contributed by atoms with van der Waals surface area (Å²) in [5.74, 6) is -0.251. The normalized spacial score (nSPS) is 20.8. The number of nitriles is 1. The van der Waals surface area contributed by atoms with Gasteiger partial charge < -0.3 is 20.1 Å². The average Bonchev–Trinajstić information content (AvgIpc) is 3.09. The number of aliphatic hydroxyl groups is 1. The second-order valence-corrected chi connectivity index (χ2v) is 7.22. The predicted octanol–water partition coefficient (Wildman–Crippen LogP) is 0.687. The second kappa shape index (κ2) is 6.94. The maximum absolute atomic E-state index is 12.6. The lowest BCUT2D eigenvalue weighted by Gasteiger charge is -2.38. The molecule has 0 aliphatic carbocycles. The molecule has 0 radical (unpaired) electrons. The van der Waals surface area contributed by atoms with E-state index in [9.17, 15) is 15.2 Å². The Balaban J connectivity index is 1.87. The Labute approximate surface area is 152 Å². The highest BCUT2D eigenvalue weighted by molar-refractivity contribution is 5.83. The Bertz CT molecular complexity index is 854. The second-order valence-electron chi connectivity index (χ2n) is 7.22. The van der Waals surface area contributed by atoms with E-state index < -0.39 is 11.6 Å². The third-order valence-electron chi connectivity index (χ3n) is 4.40. The van der Waals surface area contributed by atoms with Crippen molar-refractivity contribution in [3.63, 3.8) is 0 Å². The molecule has 1 fully saturated rings. The van der Waals surface area contributed by atoms with Crippen LogP contribution in [0.4, 0.5) is 5.69 Å². The fraction of sp³-hybridized carbons (Fsp3) is 0.500. The number of nitrogens with zero attached hydrogens (tertiary/aromatic N) is 4. The monoisotopic (exact) mass is 357 g/mol. The van der Waals surface area contributed by atoms with Crippen molar-refractivity contribution in [2.24, 2.45) is 0 Å². The standard InChI is InChI=1S/C18H23N5O3/c1-12-9-22(10-16(26-12)17(25)21-18(2,3)11-24)14-5-4-13(8-19)23-15(14)6-7-20-23/h4-7,12,16,24H,9-11H2,1-3H3,(H,21,25)/t12-,16-/m1/s1. The number of rotatable bonds is 4. The van der Waals surface area contributed by atoms with Crippen molar-refractivity contribution >= 4 is 17.1 Å². The molecule has 3 heterocycles. The van der Waals surface area contributed by atoms with Crippen LogP contribution in [0.25, 0.3) is 5.52 Å². The smallest absolute Gasteiger partial charge is 0.251 e. The first-order valence-electron chi connectivity index (χ1n) is 8.55. The quantitative estimate of drug-likeness (QED) is 0.834. The van der Waals surface area contributed by atoms with Crippen LogP contribution < -0.4 is 10.2 Å². The highest BCUT2D eigenvalue weighted by Gasteiger charge is 2.33. The number of pyridine rings is 1. The Kier molecular flexibility index (Phi) is 4.85. The van der Waals surface area contributed by atoms with Crippen molar-refractivity contribution in [2.45, 2.75) is 38.5 Å². The van der Waals surface area contributed by atoms with Gasteiger partial charge in [-0.15, -0.1) is 0 Å². The van der Waals surface area contributed by atoms with Crippen LogP contribution in [0.1, 0.15) is 26.5 Å². The molecule has 0 spiro atoms. The van der Waals surface area contributed by atoms with E-state index in [2.05, 4.69) is 21.4 Å². The van der Waals surface area contributed by atoms with Crippen molar-refractivity contribution in [3.05, 3.63) is 30.1 Å². The largest absolute Gasteiger partial charge is 0.394 e. The molecule has 2 aromatic rings. The molecule has 3 rings (SSSR count). The molecule has 8 heteroatoms. The molecule has 1 aliphatic heterocycles. The van der Waals surface area contributed by atoms with E-state index in [1.54, 1.807) is 30.6 Å². The summed E-state index contributed by atoms with van der Waals surface area (Å²) in [6.07, 6.45) is 0.857. The zero-order valence-electron chi connectivity index (χ0n) is 15.1. The molecular formula is C18H23N5O3. The zero-order valence-corrected chi connectivity index (χ0v) is 15.1. The number of hydrogen-bond donors (Lipinski definition) is 2. The van der Waals surface area contributed by atoms with Crippen molar-refractivity contribution < 1.29 is 14.6 Å². The molecular weight excluding hydrogens is 334 g/mol. The lowest BCUT2D eigenvalue weighted by atomic mass is 10.1. The zero-order chi connectivity index (χ0) is 18.9. The number of carbonyl (C=O) groups excluding carboxylic acids is 1. The van der Waals surface area contributed by atoms with E-state index in [1.807, 2.05) is 19.1 Å². The van der Waals surface area contributed by atoms with Gasteiger partial charge in [-0.1, -0.05) is 0 Å². The minimum absolute atomic E-state index is 0.143. The molecule has 1 saturated heterocycles. The molecule has 0 aromatic carbocycles. The number of fused-ring (bicyclic) bond motifs is 1. The van der Waals surface area contributed by atoms with Crippen molar-refractivity contribution in [1.82, 2.24) is 14.9 Å². The number of nitrogens with one attached hydrogen (secondary N) is 1. The van der Waals surface area contributed by atoms with Gasteiger partial charge in [0.1, 0.15) is 11.8 Å². The van der Waals surface area contributed by atoms with Gasteiger partial charge in [-0.2, -0.15) is 10.4 Å². The van der Waals surface area contributed by atoms with Crippen LogP contribution in [0, 0.1) is 11.3 Å². The number of aromatic nitrogens is 2. The summed E-state index contributed by atoms with van der Waals surface area (Å²) in [6.45, 7) is 6.28. The Morgan fingerprint density at radius 1 is 1.46 bits per heavy atom. The molecule has 138 valence electrons. The van der Waals surface area contributed by atoms with E-state index in [0.29, 0.717) is 18.8 Å². The first kappa shape index (κ1) is 18.2.